The fraction of sp³-hybridized carbons (Fsp3) is 0.364. The third-order valence-corrected chi connectivity index (χ3v) is 7.06. The number of anilines is 1. The van der Waals surface area contributed by atoms with E-state index >= 15 is 0 Å². The molecule has 0 bridgehead atoms. The molecule has 0 spiro atoms. The number of rotatable bonds is 6. The highest BCUT2D eigenvalue weighted by Crippen LogP contribution is 2.26. The number of benzene rings is 2. The fourth-order valence-corrected chi connectivity index (χ4v) is 5.22. The van der Waals surface area contributed by atoms with Crippen LogP contribution in [0, 0.1) is 20.8 Å². The van der Waals surface area contributed by atoms with Crippen LogP contribution in [0.25, 0.3) is 0 Å². The van der Waals surface area contributed by atoms with E-state index in [0.717, 1.165) is 41.7 Å². The fourth-order valence-electron chi connectivity index (χ4n) is 3.68. The van der Waals surface area contributed by atoms with Crippen molar-refractivity contribution in [2.24, 2.45) is 0 Å². The molecule has 31 heavy (non-hydrogen) atoms. The molecule has 1 amide bonds. The van der Waals surface area contributed by atoms with Crippen molar-refractivity contribution in [3.05, 3.63) is 52.6 Å². The highest BCUT2D eigenvalue weighted by atomic mass is 32.2. The number of phenolic OH excluding ortho intramolecular Hbond substituents is 1. The minimum Gasteiger partial charge on any atom is -0.507 e. The molecule has 166 valence electrons. The lowest BCUT2D eigenvalue weighted by molar-refractivity contribution is -0.119. The minimum atomic E-state index is -3.76. The van der Waals surface area contributed by atoms with Crippen LogP contribution in [0.5, 0.6) is 5.75 Å². The van der Waals surface area contributed by atoms with Gasteiger partial charge in [0.05, 0.1) is 4.90 Å². The van der Waals surface area contributed by atoms with Gasteiger partial charge in [0.15, 0.2) is 6.61 Å². The largest absolute Gasteiger partial charge is 0.507 e. The lowest BCUT2D eigenvalue weighted by Gasteiger charge is -2.16. The summed E-state index contributed by atoms with van der Waals surface area (Å²) in [6, 6.07) is 7.32. The first-order valence-corrected chi connectivity index (χ1v) is 11.4. The number of sulfonamides is 1. The van der Waals surface area contributed by atoms with Crippen molar-refractivity contribution in [3.63, 3.8) is 0 Å². The summed E-state index contributed by atoms with van der Waals surface area (Å²) < 4.78 is 31.8. The van der Waals surface area contributed by atoms with Gasteiger partial charge >= 0.3 is 5.97 Å². The van der Waals surface area contributed by atoms with Gasteiger partial charge in [-0.05, 0) is 62.9 Å². The van der Waals surface area contributed by atoms with Crippen LogP contribution in [0.4, 0.5) is 5.69 Å². The maximum atomic E-state index is 12.7. The number of carbonyl (C=O) groups excluding carboxylic acids is 2. The lowest BCUT2D eigenvalue weighted by atomic mass is 10.1. The van der Waals surface area contributed by atoms with Gasteiger partial charge in [0.2, 0.25) is 10.0 Å². The van der Waals surface area contributed by atoms with Crippen molar-refractivity contribution in [1.29, 1.82) is 0 Å². The number of ether oxygens (including phenoxy) is 1. The number of nitrogens with one attached hydrogen (secondary N) is 1. The molecule has 1 heterocycles. The zero-order valence-electron chi connectivity index (χ0n) is 17.8. The Morgan fingerprint density at radius 2 is 1.68 bits per heavy atom. The summed E-state index contributed by atoms with van der Waals surface area (Å²) >= 11 is 0. The number of hydrogen-bond acceptors (Lipinski definition) is 6. The summed E-state index contributed by atoms with van der Waals surface area (Å²) in [5.74, 6) is -1.94. The predicted molar refractivity (Wildman–Crippen MR) is 116 cm³/mol. The molecule has 8 nitrogen and oxygen atoms in total. The molecular formula is C22H26N2O6S. The summed E-state index contributed by atoms with van der Waals surface area (Å²) in [6.07, 6.45) is 1.56. The van der Waals surface area contributed by atoms with Gasteiger partial charge in [-0.2, -0.15) is 4.31 Å². The zero-order valence-corrected chi connectivity index (χ0v) is 18.6. The Kier molecular flexibility index (Phi) is 6.66. The first-order chi connectivity index (χ1) is 14.6. The first kappa shape index (κ1) is 22.8. The summed E-state index contributed by atoms with van der Waals surface area (Å²) in [7, 11) is -3.76. The molecule has 1 fully saturated rings. The Morgan fingerprint density at radius 1 is 1.06 bits per heavy atom. The van der Waals surface area contributed by atoms with Crippen LogP contribution in [-0.4, -0.2) is 49.4 Å². The molecule has 1 aliphatic heterocycles. The van der Waals surface area contributed by atoms with Gasteiger partial charge in [-0.3, -0.25) is 4.79 Å². The Bertz CT molecular complexity index is 1100. The quantitative estimate of drug-likeness (QED) is 0.660. The lowest BCUT2D eigenvalue weighted by Crippen LogP contribution is -2.28. The van der Waals surface area contributed by atoms with E-state index in [9.17, 15) is 23.1 Å². The van der Waals surface area contributed by atoms with Crippen LogP contribution in [0.2, 0.25) is 0 Å². The van der Waals surface area contributed by atoms with Gasteiger partial charge in [-0.15, -0.1) is 0 Å². The van der Waals surface area contributed by atoms with Crippen molar-refractivity contribution in [2.75, 3.05) is 25.0 Å². The van der Waals surface area contributed by atoms with Gasteiger partial charge in [0.25, 0.3) is 5.91 Å². The number of hydrogen-bond donors (Lipinski definition) is 2. The molecule has 2 N–H and O–H groups in total. The Labute approximate surface area is 181 Å². The average molecular weight is 447 g/mol. The molecule has 0 saturated carbocycles. The van der Waals surface area contributed by atoms with E-state index in [0.29, 0.717) is 18.8 Å². The highest BCUT2D eigenvalue weighted by Gasteiger charge is 2.28. The van der Waals surface area contributed by atoms with E-state index in [1.54, 1.807) is 0 Å². The number of aromatic hydroxyl groups is 1. The van der Waals surface area contributed by atoms with Gasteiger partial charge in [0, 0.05) is 18.8 Å². The molecular weight excluding hydrogens is 420 g/mol. The van der Waals surface area contributed by atoms with Gasteiger partial charge < -0.3 is 15.2 Å². The molecule has 2 aromatic rings. The van der Waals surface area contributed by atoms with Crippen molar-refractivity contribution in [1.82, 2.24) is 4.31 Å². The molecule has 0 radical (unpaired) electrons. The third kappa shape index (κ3) is 5.05. The van der Waals surface area contributed by atoms with Crippen LogP contribution in [0.1, 0.15) is 39.9 Å². The zero-order chi connectivity index (χ0) is 22.8. The van der Waals surface area contributed by atoms with Crippen LogP contribution < -0.4 is 5.32 Å². The molecule has 3 rings (SSSR count). The second-order valence-electron chi connectivity index (χ2n) is 7.69. The van der Waals surface area contributed by atoms with E-state index in [1.165, 1.54) is 10.4 Å². The van der Waals surface area contributed by atoms with Crippen LogP contribution in [0.3, 0.4) is 0 Å². The maximum absolute atomic E-state index is 12.7. The molecule has 0 atom stereocenters. The number of phenols is 1. The number of amides is 1. The van der Waals surface area contributed by atoms with Crippen molar-refractivity contribution < 1.29 is 27.9 Å². The second-order valence-corrected chi connectivity index (χ2v) is 9.63. The van der Waals surface area contributed by atoms with Crippen molar-refractivity contribution >= 4 is 27.6 Å². The molecule has 1 aliphatic rings. The van der Waals surface area contributed by atoms with E-state index < -0.39 is 34.3 Å². The summed E-state index contributed by atoms with van der Waals surface area (Å²) in [4.78, 5) is 24.6. The standard InChI is InChI=1S/C22H26N2O6S/c1-14-10-15(2)21(16(3)11-14)23-20(26)13-30-22(27)18-12-17(6-7-19(18)25)31(28,29)24-8-4-5-9-24/h6-7,10-12,25H,4-5,8-9,13H2,1-3H3,(H,23,26). The third-order valence-electron chi connectivity index (χ3n) is 5.17. The number of carbonyl (C=O) groups is 2. The van der Waals surface area contributed by atoms with Crippen LogP contribution in [-0.2, 0) is 19.6 Å². The van der Waals surface area contributed by atoms with E-state index in [1.807, 2.05) is 32.9 Å². The molecule has 1 saturated heterocycles. The van der Waals surface area contributed by atoms with Crippen molar-refractivity contribution in [3.8, 4) is 5.75 Å². The Balaban J connectivity index is 1.70. The first-order valence-electron chi connectivity index (χ1n) is 9.97. The van der Waals surface area contributed by atoms with Gasteiger partial charge in [-0.1, -0.05) is 17.7 Å². The smallest absolute Gasteiger partial charge is 0.342 e. The van der Waals surface area contributed by atoms with Gasteiger partial charge in [-0.25, -0.2) is 13.2 Å². The van der Waals surface area contributed by atoms with E-state index in [2.05, 4.69) is 5.32 Å². The monoisotopic (exact) mass is 446 g/mol. The molecule has 0 aromatic heterocycles. The summed E-state index contributed by atoms with van der Waals surface area (Å²) in [5, 5.41) is 12.7. The van der Waals surface area contributed by atoms with E-state index in [4.69, 9.17) is 4.74 Å². The number of aryl methyl sites for hydroxylation is 3. The molecule has 9 heteroatoms. The predicted octanol–water partition coefficient (Wildman–Crippen LogP) is 2.90. The second kappa shape index (κ2) is 9.07. The summed E-state index contributed by atoms with van der Waals surface area (Å²) in [5.41, 5.74) is 3.17. The van der Waals surface area contributed by atoms with Crippen LogP contribution >= 0.6 is 0 Å². The summed E-state index contributed by atoms with van der Waals surface area (Å²) in [6.45, 7) is 5.95. The topological polar surface area (TPSA) is 113 Å². The number of esters is 1. The SMILES string of the molecule is Cc1cc(C)c(NC(=O)COC(=O)c2cc(S(=O)(=O)N3CCCC3)ccc2O)c(C)c1. The van der Waals surface area contributed by atoms with Crippen molar-refractivity contribution in [2.45, 2.75) is 38.5 Å². The normalized spacial score (nSPS) is 14.4. The minimum absolute atomic E-state index is 0.102. The molecule has 0 unspecified atom stereocenters. The maximum Gasteiger partial charge on any atom is 0.342 e. The van der Waals surface area contributed by atoms with E-state index in [-0.39, 0.29) is 10.5 Å². The number of nitrogens with zero attached hydrogens (tertiary/aromatic N) is 1. The Hall–Kier alpha value is -2.91. The average Bonchev–Trinajstić information content (AvgIpc) is 3.25. The van der Waals surface area contributed by atoms with Gasteiger partial charge in [0.1, 0.15) is 11.3 Å². The molecule has 0 aliphatic carbocycles. The van der Waals surface area contributed by atoms with Crippen LogP contribution in [0.15, 0.2) is 35.2 Å². The molecule has 2 aromatic carbocycles. The highest BCUT2D eigenvalue weighted by molar-refractivity contribution is 7.89. The Morgan fingerprint density at radius 3 is 2.29 bits per heavy atom.